The normalized spacial score (nSPS) is 22.6. The first-order chi connectivity index (χ1) is 8.24. The van der Waals surface area contributed by atoms with Crippen LogP contribution in [0.25, 0.3) is 0 Å². The van der Waals surface area contributed by atoms with Gasteiger partial charge in [-0.05, 0) is 32.7 Å². The smallest absolute Gasteiger partial charge is 0.0534 e. The lowest BCUT2D eigenvalue weighted by atomic mass is 9.99. The average Bonchev–Trinajstić information content (AvgIpc) is 2.74. The van der Waals surface area contributed by atoms with Crippen LogP contribution in [0.2, 0.25) is 0 Å². The highest BCUT2D eigenvalue weighted by Crippen LogP contribution is 2.12. The predicted octanol–water partition coefficient (Wildman–Crippen LogP) is 1.43. The number of nitrogens with zero attached hydrogens (tertiary/aromatic N) is 2. The maximum atomic E-state index is 4.17. The van der Waals surface area contributed by atoms with Crippen molar-refractivity contribution in [1.29, 1.82) is 0 Å². The Morgan fingerprint density at radius 3 is 3.12 bits per heavy atom. The van der Waals surface area contributed by atoms with E-state index in [9.17, 15) is 0 Å². The van der Waals surface area contributed by atoms with Gasteiger partial charge < -0.3 is 10.6 Å². The highest BCUT2D eigenvalue weighted by Gasteiger charge is 2.15. The molecule has 0 amide bonds. The molecular formula is C13H24N4. The average molecular weight is 236 g/mol. The van der Waals surface area contributed by atoms with Crippen molar-refractivity contribution in [3.8, 4) is 0 Å². The molecule has 17 heavy (non-hydrogen) atoms. The Bertz CT molecular complexity index is 328. The van der Waals surface area contributed by atoms with E-state index in [1.54, 1.807) is 0 Å². The lowest BCUT2D eigenvalue weighted by Gasteiger charge is -2.26. The van der Waals surface area contributed by atoms with Crippen molar-refractivity contribution in [1.82, 2.24) is 20.4 Å². The van der Waals surface area contributed by atoms with E-state index >= 15 is 0 Å². The van der Waals surface area contributed by atoms with E-state index in [-0.39, 0.29) is 0 Å². The fraction of sp³-hybridized carbons (Fsp3) is 0.769. The number of hydrogen-bond donors (Lipinski definition) is 2. The van der Waals surface area contributed by atoms with E-state index in [1.807, 2.05) is 17.9 Å². The van der Waals surface area contributed by atoms with Crippen molar-refractivity contribution in [2.24, 2.45) is 7.05 Å². The number of nitrogens with one attached hydrogen (secondary N) is 2. The first-order valence-electron chi connectivity index (χ1n) is 6.68. The Morgan fingerprint density at radius 2 is 2.47 bits per heavy atom. The Hall–Kier alpha value is -0.870. The highest BCUT2D eigenvalue weighted by atomic mass is 15.2. The predicted molar refractivity (Wildman–Crippen MR) is 69.8 cm³/mol. The molecule has 4 heteroatoms. The van der Waals surface area contributed by atoms with Crippen molar-refractivity contribution in [2.75, 3.05) is 6.54 Å². The van der Waals surface area contributed by atoms with Gasteiger partial charge in [0.15, 0.2) is 0 Å². The van der Waals surface area contributed by atoms with Crippen molar-refractivity contribution < 1.29 is 0 Å². The molecule has 2 rings (SSSR count). The summed E-state index contributed by atoms with van der Waals surface area (Å²) in [6.07, 6.45) is 9.28. The van der Waals surface area contributed by atoms with Gasteiger partial charge in [0.2, 0.25) is 0 Å². The van der Waals surface area contributed by atoms with Gasteiger partial charge in [0.05, 0.1) is 6.20 Å². The van der Waals surface area contributed by atoms with E-state index in [0.29, 0.717) is 12.1 Å². The van der Waals surface area contributed by atoms with Crippen LogP contribution in [-0.4, -0.2) is 28.4 Å². The fourth-order valence-corrected chi connectivity index (χ4v) is 2.49. The Morgan fingerprint density at radius 1 is 1.59 bits per heavy atom. The molecule has 1 saturated heterocycles. The summed E-state index contributed by atoms with van der Waals surface area (Å²) in [4.78, 5) is 0. The molecule has 0 aromatic carbocycles. The van der Waals surface area contributed by atoms with Crippen molar-refractivity contribution in [3.63, 3.8) is 0 Å². The topological polar surface area (TPSA) is 41.9 Å². The van der Waals surface area contributed by atoms with Crippen LogP contribution >= 0.6 is 0 Å². The van der Waals surface area contributed by atoms with Crippen molar-refractivity contribution >= 4 is 0 Å². The summed E-state index contributed by atoms with van der Waals surface area (Å²) in [6, 6.07) is 1.27. The summed E-state index contributed by atoms with van der Waals surface area (Å²) >= 11 is 0. The van der Waals surface area contributed by atoms with Gasteiger partial charge in [-0.15, -0.1) is 0 Å². The van der Waals surface area contributed by atoms with E-state index in [1.165, 1.54) is 37.8 Å². The molecule has 1 aliphatic heterocycles. The van der Waals surface area contributed by atoms with E-state index < -0.39 is 0 Å². The molecule has 96 valence electrons. The maximum absolute atomic E-state index is 4.17. The molecule has 0 bridgehead atoms. The summed E-state index contributed by atoms with van der Waals surface area (Å²) in [7, 11) is 1.96. The molecule has 0 saturated carbocycles. The second kappa shape index (κ2) is 6.17. The molecule has 4 nitrogen and oxygen atoms in total. The lowest BCUT2D eigenvalue weighted by molar-refractivity contribution is 0.344. The zero-order valence-corrected chi connectivity index (χ0v) is 10.9. The molecule has 2 heterocycles. The second-order valence-corrected chi connectivity index (χ2v) is 5.19. The van der Waals surface area contributed by atoms with Crippen LogP contribution in [0.4, 0.5) is 0 Å². The zero-order chi connectivity index (χ0) is 12.1. The number of piperidine rings is 1. The van der Waals surface area contributed by atoms with Crippen molar-refractivity contribution in [2.45, 2.75) is 51.2 Å². The third-order valence-corrected chi connectivity index (χ3v) is 3.46. The summed E-state index contributed by atoms with van der Waals surface area (Å²) in [6.45, 7) is 4.38. The lowest BCUT2D eigenvalue weighted by Crippen LogP contribution is -2.39. The molecule has 2 atom stereocenters. The number of aryl methyl sites for hydroxylation is 1. The fourth-order valence-electron chi connectivity index (χ4n) is 2.49. The second-order valence-electron chi connectivity index (χ2n) is 5.19. The monoisotopic (exact) mass is 236 g/mol. The summed E-state index contributed by atoms with van der Waals surface area (Å²) < 4.78 is 1.85. The number of aromatic nitrogens is 2. The van der Waals surface area contributed by atoms with Gasteiger partial charge in [-0.3, -0.25) is 4.68 Å². The quantitative estimate of drug-likeness (QED) is 0.812. The molecule has 0 radical (unpaired) electrons. The molecule has 0 spiro atoms. The molecule has 2 N–H and O–H groups in total. The third-order valence-electron chi connectivity index (χ3n) is 3.46. The van der Waals surface area contributed by atoms with Gasteiger partial charge in [-0.1, -0.05) is 6.42 Å². The maximum Gasteiger partial charge on any atom is 0.0534 e. The van der Waals surface area contributed by atoms with Gasteiger partial charge in [-0.2, -0.15) is 5.10 Å². The zero-order valence-electron chi connectivity index (χ0n) is 10.9. The van der Waals surface area contributed by atoms with E-state index in [2.05, 4.69) is 28.9 Å². The van der Waals surface area contributed by atoms with Crippen LogP contribution in [0.3, 0.4) is 0 Å². The third kappa shape index (κ3) is 4.13. The summed E-state index contributed by atoms with van der Waals surface area (Å²) in [5, 5.41) is 11.3. The molecular weight excluding hydrogens is 212 g/mol. The Labute approximate surface area is 104 Å². The molecule has 1 aromatic rings. The van der Waals surface area contributed by atoms with Gasteiger partial charge in [-0.25, -0.2) is 0 Å². The van der Waals surface area contributed by atoms with Crippen LogP contribution in [0.15, 0.2) is 12.4 Å². The summed E-state index contributed by atoms with van der Waals surface area (Å²) in [5.74, 6) is 0. The van der Waals surface area contributed by atoms with Crippen LogP contribution in [0, 0.1) is 0 Å². The van der Waals surface area contributed by atoms with Crippen molar-refractivity contribution in [3.05, 3.63) is 18.0 Å². The largest absolute Gasteiger partial charge is 0.314 e. The number of rotatable bonds is 5. The minimum atomic E-state index is 0.561. The first kappa shape index (κ1) is 12.6. The summed E-state index contributed by atoms with van der Waals surface area (Å²) in [5.41, 5.74) is 1.26. The van der Waals surface area contributed by atoms with Gasteiger partial charge in [0.1, 0.15) is 0 Å². The molecule has 1 aromatic heterocycles. The Kier molecular flexibility index (Phi) is 4.57. The van der Waals surface area contributed by atoms with Gasteiger partial charge in [0, 0.05) is 37.4 Å². The SMILES string of the molecule is CC(CC1CCCCN1)NCc1cnn(C)c1. The molecule has 2 unspecified atom stereocenters. The molecule has 1 fully saturated rings. The van der Waals surface area contributed by atoms with Crippen LogP contribution in [0.5, 0.6) is 0 Å². The minimum Gasteiger partial charge on any atom is -0.314 e. The van der Waals surface area contributed by atoms with Crippen LogP contribution in [0.1, 0.15) is 38.2 Å². The molecule has 0 aliphatic carbocycles. The van der Waals surface area contributed by atoms with E-state index in [0.717, 1.165) is 6.54 Å². The van der Waals surface area contributed by atoms with Crippen LogP contribution in [-0.2, 0) is 13.6 Å². The minimum absolute atomic E-state index is 0.561. The standard InChI is InChI=1S/C13H24N4/c1-11(7-13-5-3-4-6-14-13)15-8-12-9-16-17(2)10-12/h9-11,13-15H,3-8H2,1-2H3. The van der Waals surface area contributed by atoms with Crippen LogP contribution < -0.4 is 10.6 Å². The van der Waals surface area contributed by atoms with E-state index in [4.69, 9.17) is 0 Å². The molecule has 1 aliphatic rings. The van der Waals surface area contributed by atoms with Gasteiger partial charge in [0.25, 0.3) is 0 Å². The van der Waals surface area contributed by atoms with Gasteiger partial charge >= 0.3 is 0 Å². The highest BCUT2D eigenvalue weighted by molar-refractivity contribution is 5.03. The Balaban J connectivity index is 1.68. The first-order valence-corrected chi connectivity index (χ1v) is 6.68. The number of hydrogen-bond acceptors (Lipinski definition) is 3.